The van der Waals surface area contributed by atoms with E-state index in [1.807, 2.05) is 0 Å². The van der Waals surface area contributed by atoms with Crippen molar-refractivity contribution in [2.24, 2.45) is 5.41 Å². The van der Waals surface area contributed by atoms with Crippen LogP contribution in [-0.4, -0.2) is 28.6 Å². The molecule has 5 heteroatoms. The highest BCUT2D eigenvalue weighted by Gasteiger charge is 2.23. The molecule has 0 aliphatic carbocycles. The predicted molar refractivity (Wildman–Crippen MR) is 86.8 cm³/mol. The van der Waals surface area contributed by atoms with E-state index in [0.717, 1.165) is 18.6 Å². The summed E-state index contributed by atoms with van der Waals surface area (Å²) in [5.41, 5.74) is 0.326. The van der Waals surface area contributed by atoms with Crippen molar-refractivity contribution in [2.75, 3.05) is 11.5 Å². The van der Waals surface area contributed by atoms with Crippen molar-refractivity contribution in [2.45, 2.75) is 59.4 Å². The van der Waals surface area contributed by atoms with Gasteiger partial charge in [0.15, 0.2) is 0 Å². The van der Waals surface area contributed by atoms with Crippen LogP contribution < -0.4 is 5.32 Å². The zero-order valence-electron chi connectivity index (χ0n) is 12.5. The molecule has 2 atom stereocenters. The van der Waals surface area contributed by atoms with E-state index in [1.165, 1.54) is 31.5 Å². The lowest BCUT2D eigenvalue weighted by Crippen LogP contribution is -2.40. The number of amides is 1. The smallest absolute Gasteiger partial charge is 0.217 e. The van der Waals surface area contributed by atoms with Gasteiger partial charge in [0.2, 0.25) is 11.0 Å². The molecule has 0 aromatic rings. The lowest BCUT2D eigenvalue weighted by molar-refractivity contribution is -0.122. The summed E-state index contributed by atoms with van der Waals surface area (Å²) in [5, 5.41) is 2.64. The molecule has 0 aromatic carbocycles. The molecule has 19 heavy (non-hydrogen) atoms. The van der Waals surface area contributed by atoms with Gasteiger partial charge in [-0.3, -0.25) is 9.59 Å². The Labute approximate surface area is 127 Å². The van der Waals surface area contributed by atoms with Gasteiger partial charge >= 0.3 is 0 Å². The van der Waals surface area contributed by atoms with Crippen LogP contribution in [0, 0.1) is 5.41 Å². The van der Waals surface area contributed by atoms with E-state index in [0.29, 0.717) is 11.2 Å². The Bertz CT molecular complexity index is 297. The molecule has 0 saturated heterocycles. The van der Waals surface area contributed by atoms with Crippen LogP contribution in [-0.2, 0) is 9.59 Å². The monoisotopic (exact) mass is 305 g/mol. The first-order valence-corrected chi connectivity index (χ1v) is 8.55. The van der Waals surface area contributed by atoms with Crippen LogP contribution in [0.4, 0.5) is 0 Å². The van der Waals surface area contributed by atoms with E-state index in [2.05, 4.69) is 38.7 Å². The second-order valence-corrected chi connectivity index (χ2v) is 6.73. The molecule has 0 radical (unpaired) electrons. The molecule has 112 valence electrons. The summed E-state index contributed by atoms with van der Waals surface area (Å²) in [4.78, 5) is 22.9. The SMILES string of the molecule is CCCC(C)(CC)CCSC(=O)C(CS)NC(C)=O. The van der Waals surface area contributed by atoms with Gasteiger partial charge in [-0.2, -0.15) is 12.6 Å². The molecule has 0 spiro atoms. The average Bonchev–Trinajstić information content (AvgIpc) is 2.35. The van der Waals surface area contributed by atoms with Gasteiger partial charge in [-0.05, 0) is 18.3 Å². The summed E-state index contributed by atoms with van der Waals surface area (Å²) in [7, 11) is 0. The largest absolute Gasteiger partial charge is 0.345 e. The molecule has 0 fully saturated rings. The van der Waals surface area contributed by atoms with Crippen LogP contribution in [0.15, 0.2) is 0 Å². The van der Waals surface area contributed by atoms with Crippen molar-refractivity contribution in [3.8, 4) is 0 Å². The number of rotatable bonds is 9. The Morgan fingerprint density at radius 1 is 1.32 bits per heavy atom. The molecule has 3 nitrogen and oxygen atoms in total. The zero-order valence-corrected chi connectivity index (χ0v) is 14.2. The highest BCUT2D eigenvalue weighted by atomic mass is 32.2. The van der Waals surface area contributed by atoms with Crippen molar-refractivity contribution in [3.63, 3.8) is 0 Å². The molecule has 0 aliphatic rings. The summed E-state index contributed by atoms with van der Waals surface area (Å²) in [6.07, 6.45) is 4.54. The van der Waals surface area contributed by atoms with E-state index in [4.69, 9.17) is 0 Å². The molecular weight excluding hydrogens is 278 g/mol. The lowest BCUT2D eigenvalue weighted by atomic mass is 9.81. The Morgan fingerprint density at radius 3 is 2.37 bits per heavy atom. The second kappa shape index (κ2) is 9.70. The van der Waals surface area contributed by atoms with E-state index in [1.54, 1.807) is 0 Å². The quantitative estimate of drug-likeness (QED) is 0.643. The molecule has 0 saturated carbocycles. The maximum Gasteiger partial charge on any atom is 0.217 e. The fourth-order valence-electron chi connectivity index (χ4n) is 2.01. The number of carbonyl (C=O) groups is 2. The van der Waals surface area contributed by atoms with Gasteiger partial charge in [-0.15, -0.1) is 0 Å². The molecule has 0 aromatic heterocycles. The zero-order chi connectivity index (χ0) is 14.9. The highest BCUT2D eigenvalue weighted by Crippen LogP contribution is 2.32. The van der Waals surface area contributed by atoms with E-state index in [9.17, 15) is 9.59 Å². The Kier molecular flexibility index (Phi) is 9.62. The predicted octanol–water partition coefficient (Wildman–Crippen LogP) is 3.29. The Balaban J connectivity index is 4.17. The van der Waals surface area contributed by atoms with Gasteiger partial charge < -0.3 is 5.32 Å². The lowest BCUT2D eigenvalue weighted by Gasteiger charge is -2.27. The standard InChI is InChI=1S/C14H27NO2S2/c1-5-7-14(4,6-2)8-9-19-13(17)12(10-18)15-11(3)16/h12,18H,5-10H2,1-4H3,(H,15,16). The first kappa shape index (κ1) is 18.8. The average molecular weight is 306 g/mol. The van der Waals surface area contributed by atoms with Crippen LogP contribution >= 0.6 is 24.4 Å². The summed E-state index contributed by atoms with van der Waals surface area (Å²) in [6, 6.07) is -0.468. The van der Waals surface area contributed by atoms with Gasteiger partial charge in [0.05, 0.1) is 0 Å². The highest BCUT2D eigenvalue weighted by molar-refractivity contribution is 8.13. The normalized spacial score (nSPS) is 15.6. The van der Waals surface area contributed by atoms with Crippen molar-refractivity contribution in [1.82, 2.24) is 5.32 Å². The second-order valence-electron chi connectivity index (χ2n) is 5.27. The summed E-state index contributed by atoms with van der Waals surface area (Å²) < 4.78 is 0. The molecule has 0 rings (SSSR count). The van der Waals surface area contributed by atoms with Gasteiger partial charge in [0, 0.05) is 18.4 Å². The van der Waals surface area contributed by atoms with Crippen molar-refractivity contribution in [1.29, 1.82) is 0 Å². The molecule has 0 bridgehead atoms. The van der Waals surface area contributed by atoms with Crippen LogP contribution in [0.5, 0.6) is 0 Å². The van der Waals surface area contributed by atoms with Gasteiger partial charge in [-0.1, -0.05) is 45.4 Å². The fraction of sp³-hybridized carbons (Fsp3) is 0.857. The topological polar surface area (TPSA) is 46.2 Å². The van der Waals surface area contributed by atoms with E-state index in [-0.39, 0.29) is 11.0 Å². The van der Waals surface area contributed by atoms with Crippen molar-refractivity contribution < 1.29 is 9.59 Å². The fourth-order valence-corrected chi connectivity index (χ4v) is 3.53. The maximum atomic E-state index is 11.9. The third kappa shape index (κ3) is 7.88. The van der Waals surface area contributed by atoms with Crippen molar-refractivity contribution >= 4 is 35.4 Å². The minimum absolute atomic E-state index is 0.0140. The van der Waals surface area contributed by atoms with Crippen molar-refractivity contribution in [3.05, 3.63) is 0 Å². The number of thiol groups is 1. The minimum Gasteiger partial charge on any atom is -0.345 e. The first-order chi connectivity index (χ1) is 8.88. The van der Waals surface area contributed by atoms with Gasteiger partial charge in [0.25, 0.3) is 0 Å². The number of carbonyl (C=O) groups excluding carboxylic acids is 2. The van der Waals surface area contributed by atoms with Crippen LogP contribution in [0.25, 0.3) is 0 Å². The Morgan fingerprint density at radius 2 is 1.95 bits per heavy atom. The summed E-state index contributed by atoms with van der Waals surface area (Å²) in [6.45, 7) is 8.10. The molecule has 0 heterocycles. The third-order valence-corrected chi connectivity index (χ3v) is 4.84. The van der Waals surface area contributed by atoms with Gasteiger partial charge in [-0.25, -0.2) is 0 Å². The summed E-state index contributed by atoms with van der Waals surface area (Å²) >= 11 is 5.43. The molecule has 1 N–H and O–H groups in total. The molecular formula is C14H27NO2S2. The molecule has 1 amide bonds. The third-order valence-electron chi connectivity index (χ3n) is 3.50. The summed E-state index contributed by atoms with van der Waals surface area (Å²) in [5.74, 6) is 0.982. The van der Waals surface area contributed by atoms with Gasteiger partial charge in [0.1, 0.15) is 6.04 Å². The molecule has 0 aliphatic heterocycles. The van der Waals surface area contributed by atoms with Crippen LogP contribution in [0.3, 0.4) is 0 Å². The number of hydrogen-bond donors (Lipinski definition) is 2. The minimum atomic E-state index is -0.468. The maximum absolute atomic E-state index is 11.9. The number of thioether (sulfide) groups is 1. The van der Waals surface area contributed by atoms with Crippen LogP contribution in [0.2, 0.25) is 0 Å². The van der Waals surface area contributed by atoms with Crippen LogP contribution in [0.1, 0.15) is 53.4 Å². The first-order valence-electron chi connectivity index (χ1n) is 6.93. The molecule has 2 unspecified atom stereocenters. The number of nitrogens with one attached hydrogen (secondary N) is 1. The Hall–Kier alpha value is -0.160. The van der Waals surface area contributed by atoms with E-state index < -0.39 is 6.04 Å². The number of hydrogen-bond acceptors (Lipinski definition) is 4. The van der Waals surface area contributed by atoms with E-state index >= 15 is 0 Å².